The fourth-order valence-electron chi connectivity index (χ4n) is 4.16. The maximum absolute atomic E-state index is 13.3. The van der Waals surface area contributed by atoms with Gasteiger partial charge in [0.05, 0.1) is 0 Å². The van der Waals surface area contributed by atoms with Crippen molar-refractivity contribution in [3.05, 3.63) is 35.4 Å². The van der Waals surface area contributed by atoms with E-state index in [0.717, 1.165) is 32.1 Å². The van der Waals surface area contributed by atoms with Gasteiger partial charge in [-0.3, -0.25) is 9.80 Å². The van der Waals surface area contributed by atoms with Crippen molar-refractivity contribution >= 4 is 0 Å². The van der Waals surface area contributed by atoms with E-state index in [9.17, 15) is 13.9 Å². The van der Waals surface area contributed by atoms with Gasteiger partial charge in [0, 0.05) is 50.9 Å². The SMILES string of the molecule is OCC[C@H]1CN(Cc2cc(F)cc(F)c2)CCN1C1CCCC1. The summed E-state index contributed by atoms with van der Waals surface area (Å²) in [4.78, 5) is 4.81. The summed E-state index contributed by atoms with van der Waals surface area (Å²) < 4.78 is 26.7. The lowest BCUT2D eigenvalue weighted by molar-refractivity contribution is 0.0267. The molecule has 3 rings (SSSR count). The lowest BCUT2D eigenvalue weighted by atomic mass is 10.0. The van der Waals surface area contributed by atoms with Gasteiger partial charge in [0.1, 0.15) is 11.6 Å². The maximum atomic E-state index is 13.3. The molecule has 0 bridgehead atoms. The summed E-state index contributed by atoms with van der Waals surface area (Å²) >= 11 is 0. The van der Waals surface area contributed by atoms with E-state index in [1.165, 1.54) is 37.8 Å². The maximum Gasteiger partial charge on any atom is 0.126 e. The highest BCUT2D eigenvalue weighted by Crippen LogP contribution is 2.28. The third-order valence-corrected chi connectivity index (χ3v) is 5.20. The molecule has 2 fully saturated rings. The Labute approximate surface area is 136 Å². The molecule has 1 saturated heterocycles. The molecule has 0 aromatic heterocycles. The first-order chi connectivity index (χ1) is 11.2. The average Bonchev–Trinajstić information content (AvgIpc) is 3.01. The van der Waals surface area contributed by atoms with Gasteiger partial charge in [-0.25, -0.2) is 8.78 Å². The van der Waals surface area contributed by atoms with Gasteiger partial charge in [-0.15, -0.1) is 0 Å². The molecule has 0 amide bonds. The summed E-state index contributed by atoms with van der Waals surface area (Å²) in [5, 5.41) is 9.38. The minimum Gasteiger partial charge on any atom is -0.396 e. The van der Waals surface area contributed by atoms with Crippen LogP contribution >= 0.6 is 0 Å². The van der Waals surface area contributed by atoms with Gasteiger partial charge >= 0.3 is 0 Å². The lowest BCUT2D eigenvalue weighted by Gasteiger charge is -2.44. The van der Waals surface area contributed by atoms with Gasteiger partial charge < -0.3 is 5.11 Å². The van der Waals surface area contributed by atoms with Gasteiger partial charge in [0.15, 0.2) is 0 Å². The van der Waals surface area contributed by atoms with Crippen molar-refractivity contribution in [2.24, 2.45) is 0 Å². The smallest absolute Gasteiger partial charge is 0.126 e. The number of aliphatic hydroxyl groups excluding tert-OH is 1. The first kappa shape index (κ1) is 16.8. The quantitative estimate of drug-likeness (QED) is 0.902. The molecule has 0 unspecified atom stereocenters. The highest BCUT2D eigenvalue weighted by molar-refractivity contribution is 5.18. The van der Waals surface area contributed by atoms with E-state index in [2.05, 4.69) is 9.80 Å². The molecule has 3 nitrogen and oxygen atoms in total. The van der Waals surface area contributed by atoms with Crippen molar-refractivity contribution in [3.8, 4) is 0 Å². The summed E-state index contributed by atoms with van der Waals surface area (Å²) in [5.41, 5.74) is 0.680. The Hall–Kier alpha value is -1.04. The Bertz CT molecular complexity index is 499. The predicted molar refractivity (Wildman–Crippen MR) is 86.1 cm³/mol. The molecule has 1 atom stereocenters. The van der Waals surface area contributed by atoms with Crippen molar-refractivity contribution in [1.29, 1.82) is 0 Å². The minimum absolute atomic E-state index is 0.191. The highest BCUT2D eigenvalue weighted by Gasteiger charge is 2.32. The van der Waals surface area contributed by atoms with E-state index in [4.69, 9.17) is 0 Å². The molecule has 1 heterocycles. The Morgan fingerprint density at radius 3 is 2.39 bits per heavy atom. The Kier molecular flexibility index (Phi) is 5.62. The first-order valence-corrected chi connectivity index (χ1v) is 8.69. The van der Waals surface area contributed by atoms with E-state index in [0.29, 0.717) is 24.2 Å². The predicted octanol–water partition coefficient (Wildman–Crippen LogP) is 2.78. The van der Waals surface area contributed by atoms with Crippen LogP contribution in [0.2, 0.25) is 0 Å². The molecule has 1 aliphatic heterocycles. The van der Waals surface area contributed by atoms with Gasteiger partial charge in [-0.1, -0.05) is 12.8 Å². The van der Waals surface area contributed by atoms with Crippen molar-refractivity contribution in [3.63, 3.8) is 0 Å². The summed E-state index contributed by atoms with van der Waals surface area (Å²) in [5.74, 6) is -1.03. The first-order valence-electron chi connectivity index (χ1n) is 8.69. The van der Waals surface area contributed by atoms with Gasteiger partial charge in [0.25, 0.3) is 0 Å². The number of piperazine rings is 1. The minimum atomic E-state index is -0.517. The molecular weight excluding hydrogens is 298 g/mol. The van der Waals surface area contributed by atoms with Gasteiger partial charge in [-0.2, -0.15) is 0 Å². The van der Waals surface area contributed by atoms with Crippen LogP contribution in [-0.2, 0) is 6.54 Å². The van der Waals surface area contributed by atoms with Gasteiger partial charge in [-0.05, 0) is 37.0 Å². The van der Waals surface area contributed by atoms with Crippen LogP contribution in [0.15, 0.2) is 18.2 Å². The van der Waals surface area contributed by atoms with E-state index in [-0.39, 0.29) is 6.61 Å². The van der Waals surface area contributed by atoms with E-state index in [1.54, 1.807) is 0 Å². The number of rotatable bonds is 5. The molecule has 1 aromatic rings. The molecule has 0 radical (unpaired) electrons. The zero-order chi connectivity index (χ0) is 16.2. The van der Waals surface area contributed by atoms with Crippen LogP contribution in [0.5, 0.6) is 0 Å². The second-order valence-corrected chi connectivity index (χ2v) is 6.86. The second-order valence-electron chi connectivity index (χ2n) is 6.86. The largest absolute Gasteiger partial charge is 0.396 e. The second kappa shape index (κ2) is 7.69. The molecule has 2 aliphatic rings. The van der Waals surface area contributed by atoms with Crippen LogP contribution in [0.4, 0.5) is 8.78 Å². The molecular formula is C18H26F2N2O. The van der Waals surface area contributed by atoms with Crippen LogP contribution in [0.3, 0.4) is 0 Å². The Morgan fingerprint density at radius 2 is 1.74 bits per heavy atom. The standard InChI is InChI=1S/C18H26F2N2O/c19-15-9-14(10-16(20)11-15)12-21-6-7-22(17-3-1-2-4-17)18(13-21)5-8-23/h9-11,17-18,23H,1-8,12-13H2/t18-/m0/s1. The number of hydrogen-bond donors (Lipinski definition) is 1. The summed E-state index contributed by atoms with van der Waals surface area (Å²) in [7, 11) is 0. The fraction of sp³-hybridized carbons (Fsp3) is 0.667. The number of benzene rings is 1. The molecule has 1 N–H and O–H groups in total. The molecule has 128 valence electrons. The van der Waals surface area contributed by atoms with Crippen molar-refractivity contribution in [2.75, 3.05) is 26.2 Å². The third kappa shape index (κ3) is 4.28. The van der Waals surface area contributed by atoms with Crippen molar-refractivity contribution in [2.45, 2.75) is 50.7 Å². The zero-order valence-electron chi connectivity index (χ0n) is 13.6. The number of aliphatic hydroxyl groups is 1. The molecule has 0 spiro atoms. The molecule has 5 heteroatoms. The lowest BCUT2D eigenvalue weighted by Crippen LogP contribution is -2.56. The summed E-state index contributed by atoms with van der Waals surface area (Å²) in [6.45, 7) is 3.50. The summed E-state index contributed by atoms with van der Waals surface area (Å²) in [6, 6.07) is 4.73. The molecule has 1 aromatic carbocycles. The molecule has 23 heavy (non-hydrogen) atoms. The summed E-state index contributed by atoms with van der Waals surface area (Å²) in [6.07, 6.45) is 5.90. The Balaban J connectivity index is 1.64. The number of halogens is 2. The van der Waals surface area contributed by atoms with Crippen molar-refractivity contribution < 1.29 is 13.9 Å². The van der Waals surface area contributed by atoms with Crippen LogP contribution in [-0.4, -0.2) is 53.2 Å². The zero-order valence-corrected chi connectivity index (χ0v) is 13.6. The van der Waals surface area contributed by atoms with Crippen molar-refractivity contribution in [1.82, 2.24) is 9.80 Å². The topological polar surface area (TPSA) is 26.7 Å². The van der Waals surface area contributed by atoms with E-state index in [1.807, 2.05) is 0 Å². The Morgan fingerprint density at radius 1 is 1.04 bits per heavy atom. The normalized spacial score (nSPS) is 24.4. The highest BCUT2D eigenvalue weighted by atomic mass is 19.1. The van der Waals surface area contributed by atoms with Crippen LogP contribution < -0.4 is 0 Å². The monoisotopic (exact) mass is 324 g/mol. The fourth-order valence-corrected chi connectivity index (χ4v) is 4.16. The van der Waals surface area contributed by atoms with E-state index >= 15 is 0 Å². The molecule has 1 saturated carbocycles. The number of nitrogens with zero attached hydrogens (tertiary/aromatic N) is 2. The average molecular weight is 324 g/mol. The van der Waals surface area contributed by atoms with Crippen LogP contribution in [0.1, 0.15) is 37.7 Å². The van der Waals surface area contributed by atoms with E-state index < -0.39 is 11.6 Å². The molecule has 1 aliphatic carbocycles. The van der Waals surface area contributed by atoms with Crippen LogP contribution in [0, 0.1) is 11.6 Å². The van der Waals surface area contributed by atoms with Gasteiger partial charge in [0.2, 0.25) is 0 Å². The van der Waals surface area contributed by atoms with Crippen LogP contribution in [0.25, 0.3) is 0 Å². The third-order valence-electron chi connectivity index (χ3n) is 5.20. The number of hydrogen-bond acceptors (Lipinski definition) is 3.